The summed E-state index contributed by atoms with van der Waals surface area (Å²) in [5.41, 5.74) is 0.916. The molecule has 0 bridgehead atoms. The minimum Gasteiger partial charge on any atom is -0.487 e. The van der Waals surface area contributed by atoms with Gasteiger partial charge < -0.3 is 15.0 Å². The molecule has 3 fully saturated rings. The maximum absolute atomic E-state index is 12.6. The Morgan fingerprint density at radius 2 is 1.86 bits per heavy atom. The van der Waals surface area contributed by atoms with E-state index in [9.17, 15) is 9.59 Å². The van der Waals surface area contributed by atoms with E-state index in [-0.39, 0.29) is 23.3 Å². The lowest BCUT2D eigenvalue weighted by atomic mass is 9.75. The molecule has 4 aliphatic rings. The van der Waals surface area contributed by atoms with Gasteiger partial charge in [0.2, 0.25) is 11.8 Å². The first kappa shape index (κ1) is 19.0. The lowest BCUT2D eigenvalue weighted by Crippen LogP contribution is -2.53. The molecule has 2 amide bonds. The molecular weight excluding hydrogens is 364 g/mol. The summed E-state index contributed by atoms with van der Waals surface area (Å²) in [6, 6.07) is 8.19. The predicted octanol–water partition coefficient (Wildman–Crippen LogP) is 3.63. The molecule has 5 rings (SSSR count). The van der Waals surface area contributed by atoms with Gasteiger partial charge in [0.15, 0.2) is 0 Å². The Morgan fingerprint density at radius 1 is 1.10 bits per heavy atom. The van der Waals surface area contributed by atoms with Crippen molar-refractivity contribution in [2.45, 2.75) is 69.3 Å². The minimum absolute atomic E-state index is 0.159. The summed E-state index contributed by atoms with van der Waals surface area (Å²) in [6.45, 7) is 2.38. The molecule has 1 N–H and O–H groups in total. The summed E-state index contributed by atoms with van der Waals surface area (Å²) in [5, 5.41) is 3.13. The monoisotopic (exact) mass is 396 g/mol. The summed E-state index contributed by atoms with van der Waals surface area (Å²) < 4.78 is 6.54. The molecule has 29 heavy (non-hydrogen) atoms. The fraction of sp³-hybridized carbons (Fsp3) is 0.667. The molecule has 1 saturated heterocycles. The van der Waals surface area contributed by atoms with Crippen molar-refractivity contribution < 1.29 is 14.3 Å². The first-order chi connectivity index (χ1) is 14.1. The Bertz CT molecular complexity index is 776. The van der Waals surface area contributed by atoms with Crippen molar-refractivity contribution in [1.82, 2.24) is 10.2 Å². The summed E-state index contributed by atoms with van der Waals surface area (Å²) in [4.78, 5) is 27.3. The van der Waals surface area contributed by atoms with Crippen LogP contribution in [0.1, 0.15) is 69.3 Å². The van der Waals surface area contributed by atoms with E-state index in [1.807, 2.05) is 18.2 Å². The zero-order chi connectivity index (χ0) is 19.8. The highest BCUT2D eigenvalue weighted by atomic mass is 16.5. The third-order valence-corrected chi connectivity index (χ3v) is 7.46. The van der Waals surface area contributed by atoms with Crippen LogP contribution < -0.4 is 10.1 Å². The summed E-state index contributed by atoms with van der Waals surface area (Å²) in [7, 11) is 0. The Morgan fingerprint density at radius 3 is 2.55 bits per heavy atom. The van der Waals surface area contributed by atoms with E-state index in [4.69, 9.17) is 4.74 Å². The van der Waals surface area contributed by atoms with Gasteiger partial charge in [0.05, 0.1) is 0 Å². The van der Waals surface area contributed by atoms with Crippen molar-refractivity contribution >= 4 is 11.8 Å². The number of piperidine rings is 1. The van der Waals surface area contributed by atoms with Crippen LogP contribution in [0.5, 0.6) is 5.75 Å². The molecule has 2 saturated carbocycles. The molecule has 1 atom stereocenters. The van der Waals surface area contributed by atoms with Crippen molar-refractivity contribution in [3.63, 3.8) is 0 Å². The van der Waals surface area contributed by atoms with Gasteiger partial charge in [0.1, 0.15) is 11.4 Å². The van der Waals surface area contributed by atoms with Crippen LogP contribution in [0.15, 0.2) is 24.3 Å². The van der Waals surface area contributed by atoms with Crippen LogP contribution in [0.2, 0.25) is 0 Å². The third kappa shape index (κ3) is 4.01. The van der Waals surface area contributed by atoms with Gasteiger partial charge in [-0.15, -0.1) is 0 Å². The average Bonchev–Trinajstić information content (AvgIpc) is 3.50. The number of para-hydroxylation sites is 1. The normalized spacial score (nSPS) is 25.7. The van der Waals surface area contributed by atoms with Crippen LogP contribution >= 0.6 is 0 Å². The molecule has 1 spiro atoms. The number of nitrogens with one attached hydrogen (secondary N) is 1. The number of likely N-dealkylation sites (tertiary alicyclic amines) is 1. The van der Waals surface area contributed by atoms with Crippen molar-refractivity contribution in [2.24, 2.45) is 11.8 Å². The van der Waals surface area contributed by atoms with E-state index < -0.39 is 0 Å². The number of carbonyl (C=O) groups excluding carboxylic acids is 2. The summed E-state index contributed by atoms with van der Waals surface area (Å²) >= 11 is 0. The molecule has 2 aliphatic heterocycles. The summed E-state index contributed by atoms with van der Waals surface area (Å²) in [5.74, 6) is 2.58. The van der Waals surface area contributed by atoms with Gasteiger partial charge in [-0.2, -0.15) is 0 Å². The maximum atomic E-state index is 12.6. The van der Waals surface area contributed by atoms with E-state index in [1.54, 1.807) is 0 Å². The summed E-state index contributed by atoms with van der Waals surface area (Å²) in [6.07, 6.45) is 8.92. The Hall–Kier alpha value is -2.04. The second-order valence-corrected chi connectivity index (χ2v) is 9.63. The molecule has 1 aromatic rings. The number of hydrogen-bond acceptors (Lipinski definition) is 3. The van der Waals surface area contributed by atoms with Crippen molar-refractivity contribution in [3.8, 4) is 5.75 Å². The fourth-order valence-corrected chi connectivity index (χ4v) is 5.16. The lowest BCUT2D eigenvalue weighted by molar-refractivity contribution is -0.142. The van der Waals surface area contributed by atoms with E-state index in [1.165, 1.54) is 19.3 Å². The predicted molar refractivity (Wildman–Crippen MR) is 111 cm³/mol. The molecule has 5 nitrogen and oxygen atoms in total. The van der Waals surface area contributed by atoms with Gasteiger partial charge in [-0.3, -0.25) is 9.59 Å². The number of amides is 2. The highest BCUT2D eigenvalue weighted by Gasteiger charge is 2.45. The van der Waals surface area contributed by atoms with E-state index in [0.717, 1.165) is 63.1 Å². The quantitative estimate of drug-likeness (QED) is 0.827. The SMILES string of the molecule is O=C(C[C@H]1CC2(CCN(C(=O)C3CCC3)CC2)Oc2ccccc21)NCC1CC1. The topological polar surface area (TPSA) is 58.6 Å². The molecule has 0 aromatic heterocycles. The van der Waals surface area contributed by atoms with Gasteiger partial charge in [-0.25, -0.2) is 0 Å². The van der Waals surface area contributed by atoms with Crippen molar-refractivity contribution in [2.75, 3.05) is 19.6 Å². The zero-order valence-corrected chi connectivity index (χ0v) is 17.2. The smallest absolute Gasteiger partial charge is 0.225 e. The Kier molecular flexibility index (Phi) is 5.00. The Balaban J connectivity index is 1.26. The van der Waals surface area contributed by atoms with Crippen molar-refractivity contribution in [1.29, 1.82) is 0 Å². The van der Waals surface area contributed by atoms with Gasteiger partial charge >= 0.3 is 0 Å². The fourth-order valence-electron chi connectivity index (χ4n) is 5.16. The molecule has 2 heterocycles. The second-order valence-electron chi connectivity index (χ2n) is 9.63. The van der Waals surface area contributed by atoms with Crippen LogP contribution in [-0.4, -0.2) is 41.9 Å². The molecule has 0 unspecified atom stereocenters. The second kappa shape index (κ2) is 7.66. The third-order valence-electron chi connectivity index (χ3n) is 7.46. The highest BCUT2D eigenvalue weighted by Crippen LogP contribution is 2.46. The van der Waals surface area contributed by atoms with Crippen molar-refractivity contribution in [3.05, 3.63) is 29.8 Å². The molecule has 2 aliphatic carbocycles. The zero-order valence-electron chi connectivity index (χ0n) is 17.2. The van der Waals surface area contributed by atoms with E-state index >= 15 is 0 Å². The van der Waals surface area contributed by atoms with E-state index in [0.29, 0.717) is 18.2 Å². The van der Waals surface area contributed by atoms with Crippen LogP contribution in [0.3, 0.4) is 0 Å². The molecule has 0 radical (unpaired) electrons. The number of ether oxygens (including phenoxy) is 1. The maximum Gasteiger partial charge on any atom is 0.225 e. The van der Waals surface area contributed by atoms with E-state index in [2.05, 4.69) is 16.3 Å². The standard InChI is InChI=1S/C24H32N2O3/c27-22(25-16-17-8-9-17)14-19-15-24(29-21-7-2-1-6-20(19)21)10-12-26(13-11-24)23(28)18-4-3-5-18/h1-2,6-7,17-19H,3-5,8-16H2,(H,25,27)/t19-/m0/s1. The number of benzene rings is 1. The molecule has 1 aromatic carbocycles. The van der Waals surface area contributed by atoms with Gasteiger partial charge in [0, 0.05) is 50.7 Å². The lowest BCUT2D eigenvalue weighted by Gasteiger charge is -2.47. The highest BCUT2D eigenvalue weighted by molar-refractivity contribution is 5.79. The number of fused-ring (bicyclic) bond motifs is 1. The first-order valence-corrected chi connectivity index (χ1v) is 11.5. The number of nitrogens with zero attached hydrogens (tertiary/aromatic N) is 1. The number of rotatable bonds is 5. The van der Waals surface area contributed by atoms with Gasteiger partial charge in [0.25, 0.3) is 0 Å². The molecule has 156 valence electrons. The van der Waals surface area contributed by atoms with Gasteiger partial charge in [-0.1, -0.05) is 24.6 Å². The van der Waals surface area contributed by atoms with Crippen LogP contribution in [0.4, 0.5) is 0 Å². The van der Waals surface area contributed by atoms with Crippen LogP contribution in [0.25, 0.3) is 0 Å². The van der Waals surface area contributed by atoms with Gasteiger partial charge in [-0.05, 0) is 49.7 Å². The Labute approximate surface area is 173 Å². The largest absolute Gasteiger partial charge is 0.487 e. The number of carbonyl (C=O) groups is 2. The average molecular weight is 397 g/mol. The molecule has 5 heteroatoms. The van der Waals surface area contributed by atoms with Crippen LogP contribution in [0, 0.1) is 11.8 Å². The first-order valence-electron chi connectivity index (χ1n) is 11.5. The minimum atomic E-state index is -0.244. The molecular formula is C24H32N2O3. The van der Waals surface area contributed by atoms with Crippen LogP contribution in [-0.2, 0) is 9.59 Å². The number of hydrogen-bond donors (Lipinski definition) is 1.